The van der Waals surface area contributed by atoms with Crippen molar-refractivity contribution in [1.82, 2.24) is 25.2 Å². The average molecular weight is 423 g/mol. The van der Waals surface area contributed by atoms with Gasteiger partial charge in [-0.15, -0.1) is 0 Å². The zero-order valence-electron chi connectivity index (χ0n) is 16.2. The van der Waals surface area contributed by atoms with E-state index in [9.17, 15) is 9.59 Å². The minimum absolute atomic E-state index is 0.159. The Bertz CT molecular complexity index is 1220. The molecule has 2 aromatic heterocycles. The summed E-state index contributed by atoms with van der Waals surface area (Å²) < 4.78 is 2.07. The maximum atomic E-state index is 12.6. The first-order valence-corrected chi connectivity index (χ1v) is 9.89. The van der Waals surface area contributed by atoms with Gasteiger partial charge >= 0.3 is 0 Å². The van der Waals surface area contributed by atoms with Crippen molar-refractivity contribution in [2.75, 3.05) is 5.32 Å². The molecule has 0 bridgehead atoms. The highest BCUT2D eigenvalue weighted by Crippen LogP contribution is 2.29. The fourth-order valence-electron chi connectivity index (χ4n) is 3.58. The number of fused-ring (bicyclic) bond motifs is 1. The summed E-state index contributed by atoms with van der Waals surface area (Å²) in [6.45, 7) is 2.56. The highest BCUT2D eigenvalue weighted by molar-refractivity contribution is 6.31. The summed E-state index contributed by atoms with van der Waals surface area (Å²) in [5.41, 5.74) is 3.74. The number of hydrogen-bond acceptors (Lipinski definition) is 5. The van der Waals surface area contributed by atoms with Crippen LogP contribution in [-0.2, 0) is 13.0 Å². The van der Waals surface area contributed by atoms with Crippen molar-refractivity contribution in [3.63, 3.8) is 0 Å². The summed E-state index contributed by atoms with van der Waals surface area (Å²) in [4.78, 5) is 24.6. The predicted molar refractivity (Wildman–Crippen MR) is 114 cm³/mol. The van der Waals surface area contributed by atoms with Crippen LogP contribution in [0.3, 0.4) is 0 Å². The maximum absolute atomic E-state index is 12.6. The molecule has 0 unspecified atom stereocenters. The highest BCUT2D eigenvalue weighted by atomic mass is 35.5. The number of aromatic nitrogens is 5. The average Bonchev–Trinajstić information content (AvgIpc) is 3.36. The number of amides is 1. The number of aldehydes is 1. The Balaban J connectivity index is 1.83. The maximum Gasteiger partial charge on any atom is 0.258 e. The largest absolute Gasteiger partial charge is 0.339 e. The van der Waals surface area contributed by atoms with E-state index in [1.54, 1.807) is 18.2 Å². The number of nitrogens with zero attached hydrogens (tertiary/aromatic N) is 4. The first kappa shape index (κ1) is 19.8. The summed E-state index contributed by atoms with van der Waals surface area (Å²) >= 11 is 6.39. The second-order valence-electron chi connectivity index (χ2n) is 6.84. The van der Waals surface area contributed by atoms with Gasteiger partial charge in [-0.05, 0) is 40.6 Å². The molecule has 2 N–H and O–H groups in total. The molecule has 4 rings (SSSR count). The first-order chi connectivity index (χ1) is 14.6. The highest BCUT2D eigenvalue weighted by Gasteiger charge is 2.19. The number of carbonyl (C=O) groups is 2. The van der Waals surface area contributed by atoms with E-state index in [4.69, 9.17) is 11.6 Å². The molecule has 0 fully saturated rings. The van der Waals surface area contributed by atoms with Gasteiger partial charge in [-0.25, -0.2) is 5.10 Å². The van der Waals surface area contributed by atoms with Crippen LogP contribution < -0.4 is 5.32 Å². The van der Waals surface area contributed by atoms with E-state index >= 15 is 0 Å². The third-order valence-electron chi connectivity index (χ3n) is 4.95. The molecule has 0 spiro atoms. The molecule has 2 heterocycles. The van der Waals surface area contributed by atoms with Gasteiger partial charge in [0.15, 0.2) is 6.29 Å². The molecule has 2 aromatic carbocycles. The van der Waals surface area contributed by atoms with Crippen LogP contribution in [0.25, 0.3) is 10.9 Å². The number of benzene rings is 2. The molecule has 0 saturated heterocycles. The smallest absolute Gasteiger partial charge is 0.258 e. The zero-order chi connectivity index (χ0) is 21.1. The van der Waals surface area contributed by atoms with Crippen molar-refractivity contribution in [3.8, 4) is 0 Å². The number of aromatic amines is 1. The minimum atomic E-state index is -0.356. The van der Waals surface area contributed by atoms with Crippen molar-refractivity contribution < 1.29 is 9.59 Å². The Morgan fingerprint density at radius 2 is 2.10 bits per heavy atom. The van der Waals surface area contributed by atoms with Gasteiger partial charge in [0.25, 0.3) is 5.91 Å². The quantitative estimate of drug-likeness (QED) is 0.440. The van der Waals surface area contributed by atoms with Gasteiger partial charge in [-0.1, -0.05) is 54.3 Å². The van der Waals surface area contributed by atoms with Crippen LogP contribution in [-0.4, -0.2) is 37.4 Å². The van der Waals surface area contributed by atoms with E-state index in [1.165, 1.54) is 0 Å². The lowest BCUT2D eigenvalue weighted by Crippen LogP contribution is -2.13. The van der Waals surface area contributed by atoms with E-state index < -0.39 is 0 Å². The topological polar surface area (TPSA) is 106 Å². The Labute approximate surface area is 177 Å². The Hall–Kier alpha value is -3.52. The third-order valence-corrected chi connectivity index (χ3v) is 5.31. The van der Waals surface area contributed by atoms with Gasteiger partial charge in [0.1, 0.15) is 0 Å². The second-order valence-corrected chi connectivity index (χ2v) is 7.25. The zero-order valence-corrected chi connectivity index (χ0v) is 17.0. The number of rotatable bonds is 7. The molecule has 0 aliphatic carbocycles. The minimum Gasteiger partial charge on any atom is -0.339 e. The van der Waals surface area contributed by atoms with Crippen LogP contribution in [0, 0.1) is 0 Å². The van der Waals surface area contributed by atoms with Crippen molar-refractivity contribution in [2.24, 2.45) is 0 Å². The van der Waals surface area contributed by atoms with E-state index in [0.29, 0.717) is 22.7 Å². The van der Waals surface area contributed by atoms with Crippen LogP contribution in [0.5, 0.6) is 0 Å². The molecule has 152 valence electrons. The molecule has 30 heavy (non-hydrogen) atoms. The van der Waals surface area contributed by atoms with Gasteiger partial charge < -0.3 is 4.57 Å². The van der Waals surface area contributed by atoms with E-state index in [1.807, 2.05) is 24.3 Å². The number of anilines is 1. The van der Waals surface area contributed by atoms with E-state index in [2.05, 4.69) is 37.4 Å². The molecule has 0 aliphatic rings. The molecule has 0 aliphatic heterocycles. The van der Waals surface area contributed by atoms with Crippen LogP contribution in [0.1, 0.15) is 45.3 Å². The number of tetrazole rings is 1. The SMILES string of the molecule is CCCc1c(C=O)c2ccc(C(=O)Nc3nnn[nH]3)cc2n1Cc1ccccc1Cl. The number of H-pyrrole nitrogens is 1. The number of hydrogen-bond donors (Lipinski definition) is 2. The molecule has 0 atom stereocenters. The number of carbonyl (C=O) groups excluding carboxylic acids is 2. The fraction of sp³-hybridized carbons (Fsp3) is 0.190. The fourth-order valence-corrected chi connectivity index (χ4v) is 3.77. The lowest BCUT2D eigenvalue weighted by Gasteiger charge is -2.13. The van der Waals surface area contributed by atoms with Crippen LogP contribution in [0.4, 0.5) is 5.95 Å². The Morgan fingerprint density at radius 1 is 1.27 bits per heavy atom. The molecular formula is C21H19ClN6O2. The Kier molecular flexibility index (Phi) is 5.58. The first-order valence-electron chi connectivity index (χ1n) is 9.51. The van der Waals surface area contributed by atoms with E-state index in [-0.39, 0.29) is 11.9 Å². The summed E-state index contributed by atoms with van der Waals surface area (Å²) in [7, 11) is 0. The monoisotopic (exact) mass is 422 g/mol. The lowest BCUT2D eigenvalue weighted by atomic mass is 10.1. The standard InChI is InChI=1S/C21H19ClN6O2/c1-2-5-18-16(12-29)15-9-8-13(20(30)23-21-24-26-27-25-21)10-19(15)28(18)11-14-6-3-4-7-17(14)22/h3-4,6-10,12H,2,5,11H2,1H3,(H2,23,24,25,26,27,30). The summed E-state index contributed by atoms with van der Waals surface area (Å²) in [6, 6.07) is 12.9. The molecular weight excluding hydrogens is 404 g/mol. The van der Waals surface area contributed by atoms with Crippen LogP contribution in [0.15, 0.2) is 42.5 Å². The molecule has 1 amide bonds. The van der Waals surface area contributed by atoms with Gasteiger partial charge in [0.05, 0.1) is 5.52 Å². The van der Waals surface area contributed by atoms with Crippen LogP contribution in [0.2, 0.25) is 5.02 Å². The summed E-state index contributed by atoms with van der Waals surface area (Å²) in [6.07, 6.45) is 2.50. The molecule has 4 aromatic rings. The lowest BCUT2D eigenvalue weighted by molar-refractivity contribution is 0.102. The van der Waals surface area contributed by atoms with Gasteiger partial charge in [0.2, 0.25) is 5.95 Å². The third kappa shape index (κ3) is 3.69. The predicted octanol–water partition coefficient (Wildman–Crippen LogP) is 3.87. The normalized spacial score (nSPS) is 11.0. The van der Waals surface area contributed by atoms with Crippen molar-refractivity contribution in [3.05, 3.63) is 69.9 Å². The van der Waals surface area contributed by atoms with Gasteiger partial charge in [-0.3, -0.25) is 14.9 Å². The van der Waals surface area contributed by atoms with Gasteiger partial charge in [-0.2, -0.15) is 0 Å². The molecule has 9 heteroatoms. The van der Waals surface area contributed by atoms with Gasteiger partial charge in [0, 0.05) is 33.8 Å². The molecule has 0 saturated carbocycles. The van der Waals surface area contributed by atoms with Crippen molar-refractivity contribution in [2.45, 2.75) is 26.3 Å². The number of nitrogens with one attached hydrogen (secondary N) is 2. The Morgan fingerprint density at radius 3 is 2.80 bits per heavy atom. The summed E-state index contributed by atoms with van der Waals surface area (Å²) in [5.74, 6) is -0.197. The van der Waals surface area contributed by atoms with E-state index in [0.717, 1.165) is 41.3 Å². The summed E-state index contributed by atoms with van der Waals surface area (Å²) in [5, 5.41) is 17.1. The number of halogens is 1. The molecule has 8 nitrogen and oxygen atoms in total. The van der Waals surface area contributed by atoms with Crippen molar-refractivity contribution >= 4 is 40.6 Å². The molecule has 0 radical (unpaired) electrons. The van der Waals surface area contributed by atoms with Crippen LogP contribution >= 0.6 is 11.6 Å². The van der Waals surface area contributed by atoms with Crippen molar-refractivity contribution in [1.29, 1.82) is 0 Å². The second kappa shape index (κ2) is 8.46.